The lowest BCUT2D eigenvalue weighted by atomic mass is 10.1. The third kappa shape index (κ3) is 3.47. The fraction of sp³-hybridized carbons (Fsp3) is 0.235. The van der Waals surface area contributed by atoms with Crippen LogP contribution in [0.2, 0.25) is 0 Å². The molecule has 0 saturated heterocycles. The minimum absolute atomic E-state index is 0.254. The summed E-state index contributed by atoms with van der Waals surface area (Å²) in [5.74, 6) is 1.06. The number of benzene rings is 1. The third-order valence-electron chi connectivity index (χ3n) is 3.82. The molecule has 3 rings (SSSR count). The van der Waals surface area contributed by atoms with Gasteiger partial charge in [-0.15, -0.1) is 0 Å². The minimum atomic E-state index is -0.380. The van der Waals surface area contributed by atoms with Gasteiger partial charge in [0.2, 0.25) is 0 Å². The Morgan fingerprint density at radius 2 is 2.00 bits per heavy atom. The van der Waals surface area contributed by atoms with Crippen LogP contribution >= 0.6 is 0 Å². The zero-order valence-corrected chi connectivity index (χ0v) is 13.9. The number of amides is 1. The summed E-state index contributed by atoms with van der Waals surface area (Å²) in [6, 6.07) is 8.87. The van der Waals surface area contributed by atoms with E-state index in [1.807, 2.05) is 18.2 Å². The van der Waals surface area contributed by atoms with Gasteiger partial charge in [0.15, 0.2) is 17.1 Å². The molecule has 25 heavy (non-hydrogen) atoms. The number of nitrogens with zero attached hydrogens (tertiary/aromatic N) is 2. The zero-order chi connectivity index (χ0) is 17.8. The van der Waals surface area contributed by atoms with Crippen LogP contribution in [0.1, 0.15) is 15.9 Å². The molecule has 0 fully saturated rings. The van der Waals surface area contributed by atoms with Crippen molar-refractivity contribution >= 4 is 11.6 Å². The Morgan fingerprint density at radius 1 is 1.20 bits per heavy atom. The Morgan fingerprint density at radius 3 is 2.76 bits per heavy atom. The Hall–Kier alpha value is -3.29. The van der Waals surface area contributed by atoms with Crippen LogP contribution in [0.3, 0.4) is 0 Å². The minimum Gasteiger partial charge on any atom is -0.493 e. The van der Waals surface area contributed by atoms with Crippen LogP contribution < -0.4 is 20.5 Å². The van der Waals surface area contributed by atoms with Crippen molar-refractivity contribution in [2.45, 2.75) is 6.42 Å². The predicted molar refractivity (Wildman–Crippen MR) is 91.4 cm³/mol. The summed E-state index contributed by atoms with van der Waals surface area (Å²) in [7, 11) is 3.16. The van der Waals surface area contributed by atoms with Crippen LogP contribution in [0.15, 0.2) is 41.3 Å². The van der Waals surface area contributed by atoms with Crippen molar-refractivity contribution in [2.75, 3.05) is 20.8 Å². The van der Waals surface area contributed by atoms with Crippen LogP contribution in [-0.4, -0.2) is 41.3 Å². The van der Waals surface area contributed by atoms with Crippen LogP contribution in [-0.2, 0) is 6.42 Å². The molecule has 0 atom stereocenters. The first-order valence-corrected chi connectivity index (χ1v) is 7.68. The summed E-state index contributed by atoms with van der Waals surface area (Å²) < 4.78 is 11.8. The van der Waals surface area contributed by atoms with Crippen molar-refractivity contribution in [1.29, 1.82) is 0 Å². The molecule has 8 nitrogen and oxygen atoms in total. The lowest BCUT2D eigenvalue weighted by molar-refractivity contribution is 0.0953. The lowest BCUT2D eigenvalue weighted by Gasteiger charge is -2.10. The highest BCUT2D eigenvalue weighted by Gasteiger charge is 2.09. The number of carbonyl (C=O) groups is 1. The summed E-state index contributed by atoms with van der Waals surface area (Å²) in [6.45, 7) is 0.451. The number of H-pyrrole nitrogens is 1. The lowest BCUT2D eigenvalue weighted by Crippen LogP contribution is -2.26. The molecule has 130 valence electrons. The standard InChI is InChI=1S/C17H18N4O4/c1-24-13-5-3-11(9-14(13)25-2)7-8-18-16(22)12-4-6-15-19-20-17(23)21(15)10-12/h3-6,9-10H,7-8H2,1-2H3,(H,18,22)(H,20,23). The molecule has 1 aromatic carbocycles. The molecule has 2 aromatic heterocycles. The fourth-order valence-electron chi connectivity index (χ4n) is 2.50. The Bertz CT molecular complexity index is 961. The molecule has 0 saturated carbocycles. The summed E-state index contributed by atoms with van der Waals surface area (Å²) in [6.07, 6.45) is 2.10. The normalized spacial score (nSPS) is 10.6. The Kier molecular flexibility index (Phi) is 4.69. The number of methoxy groups -OCH3 is 2. The van der Waals surface area contributed by atoms with Crippen molar-refractivity contribution in [1.82, 2.24) is 19.9 Å². The highest BCUT2D eigenvalue weighted by atomic mass is 16.5. The highest BCUT2D eigenvalue weighted by molar-refractivity contribution is 5.94. The largest absolute Gasteiger partial charge is 0.493 e. The van der Waals surface area contributed by atoms with Gasteiger partial charge in [-0.1, -0.05) is 6.07 Å². The number of aromatic amines is 1. The van der Waals surface area contributed by atoms with Crippen molar-refractivity contribution in [3.63, 3.8) is 0 Å². The summed E-state index contributed by atoms with van der Waals surface area (Å²) in [5, 5.41) is 8.99. The number of hydrogen-bond donors (Lipinski definition) is 2. The summed E-state index contributed by atoms with van der Waals surface area (Å²) in [4.78, 5) is 23.8. The van der Waals surface area contributed by atoms with E-state index >= 15 is 0 Å². The zero-order valence-electron chi connectivity index (χ0n) is 13.9. The molecular weight excluding hydrogens is 324 g/mol. The number of nitrogens with one attached hydrogen (secondary N) is 2. The van der Waals surface area contributed by atoms with E-state index in [2.05, 4.69) is 15.5 Å². The number of aromatic nitrogens is 3. The van der Waals surface area contributed by atoms with E-state index in [1.54, 1.807) is 26.4 Å². The maximum absolute atomic E-state index is 12.2. The molecular formula is C17H18N4O4. The van der Waals surface area contributed by atoms with E-state index in [0.717, 1.165) is 5.56 Å². The van der Waals surface area contributed by atoms with Crippen LogP contribution in [0.5, 0.6) is 11.5 Å². The second kappa shape index (κ2) is 7.08. The molecule has 0 spiro atoms. The molecule has 2 N–H and O–H groups in total. The van der Waals surface area contributed by atoms with Gasteiger partial charge in [-0.2, -0.15) is 5.10 Å². The molecule has 0 bridgehead atoms. The van der Waals surface area contributed by atoms with E-state index in [0.29, 0.717) is 35.7 Å². The van der Waals surface area contributed by atoms with Gasteiger partial charge in [0.25, 0.3) is 5.91 Å². The smallest absolute Gasteiger partial charge is 0.347 e. The van der Waals surface area contributed by atoms with E-state index < -0.39 is 0 Å². The van der Waals surface area contributed by atoms with Crippen LogP contribution in [0, 0.1) is 0 Å². The molecule has 0 aliphatic carbocycles. The number of ether oxygens (including phenoxy) is 2. The second-order valence-corrected chi connectivity index (χ2v) is 5.37. The molecule has 0 radical (unpaired) electrons. The summed E-state index contributed by atoms with van der Waals surface area (Å²) >= 11 is 0. The van der Waals surface area contributed by atoms with Crippen molar-refractivity contribution in [2.24, 2.45) is 0 Å². The molecule has 0 unspecified atom stereocenters. The first kappa shape index (κ1) is 16.6. The maximum atomic E-state index is 12.2. The van der Waals surface area contributed by atoms with Gasteiger partial charge in [0.1, 0.15) is 0 Å². The van der Waals surface area contributed by atoms with Gasteiger partial charge in [-0.25, -0.2) is 14.3 Å². The topological polar surface area (TPSA) is 97.7 Å². The van der Waals surface area contributed by atoms with Crippen LogP contribution in [0.25, 0.3) is 5.65 Å². The van der Waals surface area contributed by atoms with E-state index in [9.17, 15) is 9.59 Å². The molecule has 0 aliphatic rings. The maximum Gasteiger partial charge on any atom is 0.347 e. The van der Waals surface area contributed by atoms with E-state index in [4.69, 9.17) is 9.47 Å². The van der Waals surface area contributed by atoms with Gasteiger partial charge in [0, 0.05) is 12.7 Å². The second-order valence-electron chi connectivity index (χ2n) is 5.37. The van der Waals surface area contributed by atoms with E-state index in [-0.39, 0.29) is 11.6 Å². The molecule has 1 amide bonds. The van der Waals surface area contributed by atoms with Crippen molar-refractivity contribution in [3.8, 4) is 11.5 Å². The van der Waals surface area contributed by atoms with Crippen molar-refractivity contribution < 1.29 is 14.3 Å². The van der Waals surface area contributed by atoms with Crippen LogP contribution in [0.4, 0.5) is 0 Å². The average Bonchev–Trinajstić information content (AvgIpc) is 3.02. The number of pyridine rings is 1. The number of carbonyl (C=O) groups excluding carboxylic acids is 1. The quantitative estimate of drug-likeness (QED) is 0.697. The first-order chi connectivity index (χ1) is 12.1. The van der Waals surface area contributed by atoms with Gasteiger partial charge in [0.05, 0.1) is 19.8 Å². The molecule has 0 aliphatic heterocycles. The van der Waals surface area contributed by atoms with Gasteiger partial charge in [-0.05, 0) is 36.2 Å². The monoisotopic (exact) mass is 342 g/mol. The fourth-order valence-corrected chi connectivity index (χ4v) is 2.50. The first-order valence-electron chi connectivity index (χ1n) is 7.68. The third-order valence-corrected chi connectivity index (χ3v) is 3.82. The number of hydrogen-bond acceptors (Lipinski definition) is 5. The van der Waals surface area contributed by atoms with E-state index in [1.165, 1.54) is 10.6 Å². The predicted octanol–water partition coefficient (Wildman–Crippen LogP) is 1.01. The van der Waals surface area contributed by atoms with Gasteiger partial charge in [-0.3, -0.25) is 4.79 Å². The number of rotatable bonds is 6. The highest BCUT2D eigenvalue weighted by Crippen LogP contribution is 2.27. The Labute approximate surface area is 143 Å². The summed E-state index contributed by atoms with van der Waals surface area (Å²) in [5.41, 5.74) is 1.49. The SMILES string of the molecule is COc1ccc(CCNC(=O)c2ccc3n[nH]c(=O)n3c2)cc1OC. The molecule has 2 heterocycles. The van der Waals surface area contributed by atoms with Gasteiger partial charge < -0.3 is 14.8 Å². The van der Waals surface area contributed by atoms with Crippen molar-refractivity contribution in [3.05, 3.63) is 58.1 Å². The number of fused-ring (bicyclic) bond motifs is 1. The average molecular weight is 342 g/mol. The Balaban J connectivity index is 1.63. The van der Waals surface area contributed by atoms with Gasteiger partial charge >= 0.3 is 5.69 Å². The molecule has 8 heteroatoms. The molecule has 3 aromatic rings.